The molecule has 0 aromatic carbocycles. The Balaban J connectivity index is 1.85. The number of carbonyl (C=O) groups excluding carboxylic acids is 1. The quantitative estimate of drug-likeness (QED) is 0.585. The third-order valence-electron chi connectivity index (χ3n) is 4.18. The molecule has 1 fully saturated rings. The predicted molar refractivity (Wildman–Crippen MR) is 94.8 cm³/mol. The van der Waals surface area contributed by atoms with E-state index in [1.165, 1.54) is 19.6 Å². The number of rotatable bonds is 7. The highest BCUT2D eigenvalue weighted by molar-refractivity contribution is 7.89. The van der Waals surface area contributed by atoms with Crippen molar-refractivity contribution in [3.8, 4) is 0 Å². The summed E-state index contributed by atoms with van der Waals surface area (Å²) < 4.78 is 31.9. The molecule has 1 aliphatic rings. The molecular formula is C16H26N2O4S2. The Morgan fingerprint density at radius 1 is 1.38 bits per heavy atom. The third-order valence-corrected chi connectivity index (χ3v) is 6.70. The number of ether oxygens (including phenoxy) is 1. The zero-order valence-corrected chi connectivity index (χ0v) is 16.1. The van der Waals surface area contributed by atoms with Gasteiger partial charge in [0.25, 0.3) is 0 Å². The lowest BCUT2D eigenvalue weighted by Crippen LogP contribution is -2.40. The zero-order valence-electron chi connectivity index (χ0n) is 14.4. The van der Waals surface area contributed by atoms with Crippen molar-refractivity contribution in [2.75, 3.05) is 33.3 Å². The average Bonchev–Trinajstić information content (AvgIpc) is 3.00. The van der Waals surface area contributed by atoms with Gasteiger partial charge in [0.1, 0.15) is 9.77 Å². The molecule has 24 heavy (non-hydrogen) atoms. The van der Waals surface area contributed by atoms with Crippen LogP contribution in [0.4, 0.5) is 0 Å². The fourth-order valence-electron chi connectivity index (χ4n) is 3.31. The van der Waals surface area contributed by atoms with Gasteiger partial charge >= 0.3 is 5.97 Å². The molecule has 6 nitrogen and oxygen atoms in total. The van der Waals surface area contributed by atoms with Gasteiger partial charge in [-0.2, -0.15) is 0 Å². The first-order valence-electron chi connectivity index (χ1n) is 8.21. The molecule has 2 unspecified atom stereocenters. The van der Waals surface area contributed by atoms with Crippen LogP contribution in [0, 0.1) is 11.8 Å². The Morgan fingerprint density at radius 3 is 2.67 bits per heavy atom. The highest BCUT2D eigenvalue weighted by atomic mass is 32.2. The molecular weight excluding hydrogens is 348 g/mol. The molecule has 2 rings (SSSR count). The van der Waals surface area contributed by atoms with E-state index in [2.05, 4.69) is 28.2 Å². The Hall–Kier alpha value is -0.960. The summed E-state index contributed by atoms with van der Waals surface area (Å²) in [5, 5.41) is 1.58. The minimum absolute atomic E-state index is 0.000401. The van der Waals surface area contributed by atoms with Crippen LogP contribution < -0.4 is 4.72 Å². The van der Waals surface area contributed by atoms with Gasteiger partial charge in [0.2, 0.25) is 10.0 Å². The van der Waals surface area contributed by atoms with Crippen molar-refractivity contribution >= 4 is 27.3 Å². The lowest BCUT2D eigenvalue weighted by Gasteiger charge is -2.34. The topological polar surface area (TPSA) is 75.7 Å². The van der Waals surface area contributed by atoms with Crippen molar-refractivity contribution in [2.24, 2.45) is 11.8 Å². The van der Waals surface area contributed by atoms with Gasteiger partial charge in [0.15, 0.2) is 0 Å². The molecule has 1 aliphatic heterocycles. The fraction of sp³-hybridized carbons (Fsp3) is 0.688. The number of nitrogens with zero attached hydrogens (tertiary/aromatic N) is 1. The van der Waals surface area contributed by atoms with Gasteiger partial charge in [-0.15, -0.1) is 11.3 Å². The van der Waals surface area contributed by atoms with E-state index in [1.54, 1.807) is 5.38 Å². The van der Waals surface area contributed by atoms with Gasteiger partial charge in [0.05, 0.1) is 7.11 Å². The van der Waals surface area contributed by atoms with Crippen LogP contribution in [0.5, 0.6) is 0 Å². The number of piperidine rings is 1. The first kappa shape index (κ1) is 19.4. The minimum atomic E-state index is -3.69. The van der Waals surface area contributed by atoms with Gasteiger partial charge in [-0.25, -0.2) is 17.9 Å². The van der Waals surface area contributed by atoms with Crippen molar-refractivity contribution in [3.05, 3.63) is 16.3 Å². The lowest BCUT2D eigenvalue weighted by molar-refractivity contribution is 0.0602. The van der Waals surface area contributed by atoms with Crippen molar-refractivity contribution in [3.63, 3.8) is 0 Å². The van der Waals surface area contributed by atoms with Crippen LogP contribution in [0.1, 0.15) is 36.4 Å². The van der Waals surface area contributed by atoms with Crippen molar-refractivity contribution in [2.45, 2.75) is 31.6 Å². The monoisotopic (exact) mass is 374 g/mol. The molecule has 1 aromatic rings. The Kier molecular flexibility index (Phi) is 6.79. The summed E-state index contributed by atoms with van der Waals surface area (Å²) in [5.74, 6) is 0.763. The van der Waals surface area contributed by atoms with E-state index in [1.807, 2.05) is 0 Å². The largest absolute Gasteiger partial charge is 0.465 e. The van der Waals surface area contributed by atoms with Crippen LogP contribution >= 0.6 is 11.3 Å². The van der Waals surface area contributed by atoms with Crippen LogP contribution in [0.15, 0.2) is 16.3 Å². The fourth-order valence-corrected chi connectivity index (χ4v) is 5.72. The Labute approximate surface area is 148 Å². The summed E-state index contributed by atoms with van der Waals surface area (Å²) in [6.45, 7) is 7.91. The Bertz CT molecular complexity index is 647. The number of nitrogens with one attached hydrogen (secondary N) is 1. The first-order chi connectivity index (χ1) is 11.3. The summed E-state index contributed by atoms with van der Waals surface area (Å²) in [4.78, 5) is 14.1. The van der Waals surface area contributed by atoms with Crippen LogP contribution in [-0.4, -0.2) is 52.6 Å². The van der Waals surface area contributed by atoms with E-state index < -0.39 is 16.0 Å². The summed E-state index contributed by atoms with van der Waals surface area (Å²) in [7, 11) is -2.44. The maximum atomic E-state index is 12.4. The van der Waals surface area contributed by atoms with Crippen molar-refractivity contribution in [1.29, 1.82) is 0 Å². The number of thiophene rings is 1. The highest BCUT2D eigenvalue weighted by Crippen LogP contribution is 2.23. The molecule has 0 aliphatic carbocycles. The summed E-state index contributed by atoms with van der Waals surface area (Å²) >= 11 is 1.07. The van der Waals surface area contributed by atoms with E-state index in [4.69, 9.17) is 0 Å². The number of esters is 1. The summed E-state index contributed by atoms with van der Waals surface area (Å²) in [6.07, 6.45) is 2.01. The van der Waals surface area contributed by atoms with E-state index in [0.29, 0.717) is 18.4 Å². The number of hydrogen-bond donors (Lipinski definition) is 1. The molecule has 136 valence electrons. The van der Waals surface area contributed by atoms with Crippen molar-refractivity contribution < 1.29 is 17.9 Å². The second-order valence-corrected chi connectivity index (χ2v) is 9.21. The third kappa shape index (κ3) is 5.02. The van der Waals surface area contributed by atoms with Gasteiger partial charge < -0.3 is 9.64 Å². The normalized spacial score (nSPS) is 22.5. The molecule has 2 atom stereocenters. The van der Waals surface area contributed by atoms with E-state index in [-0.39, 0.29) is 9.77 Å². The lowest BCUT2D eigenvalue weighted by atomic mass is 9.92. The number of carbonyl (C=O) groups is 1. The smallest absolute Gasteiger partial charge is 0.349 e. The highest BCUT2D eigenvalue weighted by Gasteiger charge is 2.25. The summed E-state index contributed by atoms with van der Waals surface area (Å²) in [5.41, 5.74) is 0. The second kappa shape index (κ2) is 8.42. The molecule has 1 aromatic heterocycles. The molecule has 1 saturated heterocycles. The molecule has 0 bridgehead atoms. The molecule has 0 spiro atoms. The summed E-state index contributed by atoms with van der Waals surface area (Å²) in [6, 6.07) is 1.44. The van der Waals surface area contributed by atoms with E-state index in [9.17, 15) is 13.2 Å². The van der Waals surface area contributed by atoms with Crippen LogP contribution in [0.2, 0.25) is 0 Å². The minimum Gasteiger partial charge on any atom is -0.465 e. The van der Waals surface area contributed by atoms with Crippen LogP contribution in [0.3, 0.4) is 0 Å². The molecule has 1 N–H and O–H groups in total. The molecule has 0 amide bonds. The Morgan fingerprint density at radius 2 is 2.04 bits per heavy atom. The molecule has 0 saturated carbocycles. The molecule has 8 heteroatoms. The maximum absolute atomic E-state index is 12.4. The second-order valence-electron chi connectivity index (χ2n) is 6.56. The number of sulfonamides is 1. The van der Waals surface area contributed by atoms with Crippen LogP contribution in [0.25, 0.3) is 0 Å². The van der Waals surface area contributed by atoms with E-state index >= 15 is 0 Å². The predicted octanol–water partition coefficient (Wildman–Crippen LogP) is 2.18. The van der Waals surface area contributed by atoms with E-state index in [0.717, 1.165) is 37.4 Å². The van der Waals surface area contributed by atoms with Gasteiger partial charge in [-0.1, -0.05) is 13.8 Å². The zero-order chi connectivity index (χ0) is 17.7. The van der Waals surface area contributed by atoms with Crippen molar-refractivity contribution in [1.82, 2.24) is 9.62 Å². The first-order valence-corrected chi connectivity index (χ1v) is 10.6. The maximum Gasteiger partial charge on any atom is 0.349 e. The molecule has 2 heterocycles. The average molecular weight is 375 g/mol. The van der Waals surface area contributed by atoms with Gasteiger partial charge in [-0.05, 0) is 42.7 Å². The van der Waals surface area contributed by atoms with Gasteiger partial charge in [-0.3, -0.25) is 0 Å². The standard InChI is InChI=1S/C16H26N2O4S2/c1-12-9-13(2)11-18(10-12)7-4-6-17-24(20,21)14-5-8-23-15(14)16(19)22-3/h5,8,12-13,17H,4,6-7,9-11H2,1-3H3. The number of hydrogen-bond acceptors (Lipinski definition) is 6. The molecule has 0 radical (unpaired) electrons. The SMILES string of the molecule is COC(=O)c1sccc1S(=O)(=O)NCCCN1CC(C)CC(C)C1. The number of likely N-dealkylation sites (tertiary alicyclic amines) is 1. The van der Waals surface area contributed by atoms with Crippen LogP contribution in [-0.2, 0) is 14.8 Å². The van der Waals surface area contributed by atoms with Gasteiger partial charge in [0, 0.05) is 19.6 Å². The number of methoxy groups -OCH3 is 1.